The number of hydrogen-bond acceptors (Lipinski definition) is 6. The van der Waals surface area contributed by atoms with Crippen LogP contribution in [0.4, 0.5) is 22.0 Å². The summed E-state index contributed by atoms with van der Waals surface area (Å²) in [6, 6.07) is 2.92. The van der Waals surface area contributed by atoms with Crippen LogP contribution in [-0.2, 0) is 27.4 Å². The molecule has 0 fully saturated rings. The molecule has 0 saturated carbocycles. The van der Waals surface area contributed by atoms with Crippen molar-refractivity contribution in [2.24, 2.45) is 4.36 Å². The molecule has 0 atom stereocenters. The smallest absolute Gasteiger partial charge is 0.418 e. The third-order valence-electron chi connectivity index (χ3n) is 5.27. The van der Waals surface area contributed by atoms with Gasteiger partial charge >= 0.3 is 6.18 Å². The summed E-state index contributed by atoms with van der Waals surface area (Å²) in [5.41, 5.74) is -2.33. The number of H-pyrrole nitrogens is 1. The number of benzene rings is 1. The molecule has 0 spiro atoms. The Balaban J connectivity index is 0.00000456. The van der Waals surface area contributed by atoms with E-state index >= 15 is 0 Å². The van der Waals surface area contributed by atoms with Gasteiger partial charge in [-0.3, -0.25) is 4.79 Å². The van der Waals surface area contributed by atoms with Gasteiger partial charge in [0.1, 0.15) is 5.75 Å². The summed E-state index contributed by atoms with van der Waals surface area (Å²) in [5, 5.41) is 0. The molecule has 1 N–H and O–H groups in total. The van der Waals surface area contributed by atoms with Crippen molar-refractivity contribution in [3.05, 3.63) is 68.6 Å². The zero-order valence-corrected chi connectivity index (χ0v) is 20.0. The highest BCUT2D eigenvalue weighted by Gasteiger charge is 2.35. The SMILES string of the molecule is CCCc1[nH]c(-c2c(Oc3ccc(F)c(F)c3C)ncc(C(F)(F)F)c2C)cc(=O)c1[S-](=O)=NC.[HH]. The molecule has 0 amide bonds. The van der Waals surface area contributed by atoms with Crippen LogP contribution in [-0.4, -0.2) is 17.0 Å². The van der Waals surface area contributed by atoms with E-state index in [9.17, 15) is 31.0 Å². The average molecular weight is 517 g/mol. The maximum Gasteiger partial charge on any atom is 0.418 e. The number of alkyl halides is 3. The van der Waals surface area contributed by atoms with E-state index in [1.807, 2.05) is 0 Å². The van der Waals surface area contributed by atoms with Crippen molar-refractivity contribution in [2.45, 2.75) is 44.7 Å². The Labute approximate surface area is 200 Å². The molecular formula is C23H23F5N3O3S-. The molecule has 2 aromatic heterocycles. The molecule has 0 aliphatic heterocycles. The fourth-order valence-electron chi connectivity index (χ4n) is 3.55. The van der Waals surface area contributed by atoms with Crippen molar-refractivity contribution in [3.8, 4) is 22.9 Å². The van der Waals surface area contributed by atoms with Crippen LogP contribution in [0.5, 0.6) is 11.6 Å². The zero-order chi connectivity index (χ0) is 26.1. The average Bonchev–Trinajstić information content (AvgIpc) is 2.78. The molecule has 0 saturated heterocycles. The molecule has 2 heterocycles. The molecule has 0 bridgehead atoms. The summed E-state index contributed by atoms with van der Waals surface area (Å²) < 4.78 is 90.1. The quantitative estimate of drug-likeness (QED) is 0.300. The Hall–Kier alpha value is -3.28. The third kappa shape index (κ3) is 5.21. The minimum atomic E-state index is -4.77. The topological polar surface area (TPSA) is 84.4 Å². The summed E-state index contributed by atoms with van der Waals surface area (Å²) in [4.78, 5) is 19.4. The minimum Gasteiger partial charge on any atom is -0.440 e. The molecule has 6 nitrogen and oxygen atoms in total. The lowest BCUT2D eigenvalue weighted by Gasteiger charge is -2.20. The molecule has 35 heavy (non-hydrogen) atoms. The number of hydrogen-bond donors (Lipinski definition) is 1. The van der Waals surface area contributed by atoms with Gasteiger partial charge in [0.05, 0.1) is 16.8 Å². The summed E-state index contributed by atoms with van der Waals surface area (Å²) >= 11 is 0. The molecule has 3 rings (SSSR count). The summed E-state index contributed by atoms with van der Waals surface area (Å²) in [6.07, 6.45) is -3.40. The largest absolute Gasteiger partial charge is 0.440 e. The van der Waals surface area contributed by atoms with E-state index in [1.54, 1.807) is 6.92 Å². The third-order valence-corrected chi connectivity index (χ3v) is 6.40. The predicted octanol–water partition coefficient (Wildman–Crippen LogP) is 6.48. The van der Waals surface area contributed by atoms with Crippen LogP contribution in [0.2, 0.25) is 0 Å². The van der Waals surface area contributed by atoms with Gasteiger partial charge in [-0.25, -0.2) is 13.8 Å². The van der Waals surface area contributed by atoms with Gasteiger partial charge in [0.15, 0.2) is 17.1 Å². The Morgan fingerprint density at radius 2 is 1.89 bits per heavy atom. The first-order chi connectivity index (χ1) is 16.4. The Morgan fingerprint density at radius 1 is 1.20 bits per heavy atom. The van der Waals surface area contributed by atoms with Gasteiger partial charge in [-0.05, 0) is 42.9 Å². The second-order valence-electron chi connectivity index (χ2n) is 7.60. The van der Waals surface area contributed by atoms with E-state index in [-0.39, 0.29) is 52.5 Å². The summed E-state index contributed by atoms with van der Waals surface area (Å²) in [7, 11) is -0.697. The highest BCUT2D eigenvalue weighted by molar-refractivity contribution is 7.74. The van der Waals surface area contributed by atoms with Gasteiger partial charge in [-0.2, -0.15) is 23.8 Å². The summed E-state index contributed by atoms with van der Waals surface area (Å²) in [6.45, 7) is 4.22. The zero-order valence-electron chi connectivity index (χ0n) is 19.1. The number of halogens is 5. The molecule has 12 heteroatoms. The number of nitrogens with zero attached hydrogens (tertiary/aromatic N) is 2. The van der Waals surface area contributed by atoms with Crippen molar-refractivity contribution in [1.29, 1.82) is 0 Å². The first kappa shape index (κ1) is 26.3. The Kier molecular flexibility index (Phi) is 7.63. The van der Waals surface area contributed by atoms with E-state index in [4.69, 9.17) is 4.74 Å². The van der Waals surface area contributed by atoms with Crippen molar-refractivity contribution >= 4 is 10.6 Å². The lowest BCUT2D eigenvalue weighted by molar-refractivity contribution is -0.138. The van der Waals surface area contributed by atoms with Crippen LogP contribution in [0.1, 0.15) is 37.2 Å². The van der Waals surface area contributed by atoms with Crippen LogP contribution in [0.15, 0.2) is 38.4 Å². The monoisotopic (exact) mass is 516 g/mol. The van der Waals surface area contributed by atoms with E-state index in [2.05, 4.69) is 14.3 Å². The number of aromatic nitrogens is 2. The predicted molar refractivity (Wildman–Crippen MR) is 122 cm³/mol. The highest BCUT2D eigenvalue weighted by atomic mass is 32.2. The van der Waals surface area contributed by atoms with Gasteiger partial charge in [-0.1, -0.05) is 13.3 Å². The number of aryl methyl sites for hydroxylation is 1. The molecular weight excluding hydrogens is 493 g/mol. The lowest BCUT2D eigenvalue weighted by atomic mass is 10.0. The van der Waals surface area contributed by atoms with Gasteiger partial charge in [0.2, 0.25) is 5.88 Å². The van der Waals surface area contributed by atoms with Gasteiger partial charge in [0.25, 0.3) is 0 Å². The maximum atomic E-state index is 14.1. The van der Waals surface area contributed by atoms with Crippen LogP contribution < -0.4 is 10.2 Å². The van der Waals surface area contributed by atoms with Crippen molar-refractivity contribution < 1.29 is 32.3 Å². The van der Waals surface area contributed by atoms with E-state index in [0.29, 0.717) is 12.6 Å². The number of pyridine rings is 2. The lowest BCUT2D eigenvalue weighted by Crippen LogP contribution is -2.15. The van der Waals surface area contributed by atoms with Gasteiger partial charge < -0.3 is 18.3 Å². The van der Waals surface area contributed by atoms with Gasteiger partial charge in [-0.15, -0.1) is 0 Å². The standard InChI is InChI=1S/C23H21F5N3O3S.H2/c1-5-6-15-21(35(33)29-4)17(32)9-16(31-15)19-11(2)13(23(26,27)28)10-30-22(19)34-18-8-7-14(24)20(25)12(18)3;/h7-10H,5-6H2,1-4H3,(H,31,32);1H/q-1;. The molecule has 0 unspecified atom stereocenters. The Morgan fingerprint density at radius 3 is 2.49 bits per heavy atom. The number of ether oxygens (including phenoxy) is 1. The second kappa shape index (κ2) is 10.1. The van der Waals surface area contributed by atoms with Crippen molar-refractivity contribution in [1.82, 2.24) is 9.97 Å². The van der Waals surface area contributed by atoms with Crippen LogP contribution >= 0.6 is 0 Å². The van der Waals surface area contributed by atoms with Crippen LogP contribution in [0.25, 0.3) is 11.3 Å². The van der Waals surface area contributed by atoms with E-state index in [1.165, 1.54) is 20.9 Å². The van der Waals surface area contributed by atoms with Gasteiger partial charge in [0, 0.05) is 32.0 Å². The molecule has 190 valence electrons. The fourth-order valence-corrected chi connectivity index (χ4v) is 4.33. The fraction of sp³-hybridized carbons (Fsp3) is 0.304. The number of rotatable bonds is 6. The van der Waals surface area contributed by atoms with E-state index in [0.717, 1.165) is 18.2 Å². The molecule has 0 aliphatic carbocycles. The second-order valence-corrected chi connectivity index (χ2v) is 8.87. The van der Waals surface area contributed by atoms with Crippen molar-refractivity contribution in [2.75, 3.05) is 7.05 Å². The maximum absolute atomic E-state index is 14.1. The molecule has 1 aromatic carbocycles. The molecule has 0 aliphatic rings. The van der Waals surface area contributed by atoms with Crippen LogP contribution in [0, 0.1) is 25.5 Å². The molecule has 3 aromatic rings. The van der Waals surface area contributed by atoms with E-state index < -0.39 is 39.4 Å². The normalized spacial score (nSPS) is 12.7. The van der Waals surface area contributed by atoms with Crippen LogP contribution in [0.3, 0.4) is 0 Å². The number of nitrogens with one attached hydrogen (secondary N) is 1. The first-order valence-electron chi connectivity index (χ1n) is 10.4. The number of aromatic amines is 1. The van der Waals surface area contributed by atoms with Crippen molar-refractivity contribution in [3.63, 3.8) is 0 Å². The minimum absolute atomic E-state index is 0. The Bertz CT molecular complexity index is 1430. The molecule has 0 radical (unpaired) electrons. The summed E-state index contributed by atoms with van der Waals surface area (Å²) in [5.74, 6) is -2.83. The first-order valence-corrected chi connectivity index (χ1v) is 11.5. The highest BCUT2D eigenvalue weighted by Crippen LogP contribution is 2.41.